The van der Waals surface area contributed by atoms with Gasteiger partial charge in [0.15, 0.2) is 11.5 Å². The molecule has 0 saturated heterocycles. The standard InChI is InChI=1S/C23H23NO4/c1-3-26-21-15-10-17(16-22(21)27-4-2)23(25)24-18-11-13-20(14-12-18)28-19-8-6-5-7-9-19/h5-16H,3-4H2,1-2H3,(H,24,25). The van der Waals surface area contributed by atoms with Crippen LogP contribution in [0, 0.1) is 0 Å². The number of carbonyl (C=O) groups excluding carboxylic acids is 1. The molecule has 0 unspecified atom stereocenters. The van der Waals surface area contributed by atoms with Crippen molar-refractivity contribution in [3.63, 3.8) is 0 Å². The fraction of sp³-hybridized carbons (Fsp3) is 0.174. The van der Waals surface area contributed by atoms with Gasteiger partial charge in [-0.3, -0.25) is 4.79 Å². The van der Waals surface area contributed by atoms with Gasteiger partial charge in [-0.2, -0.15) is 0 Å². The molecule has 0 heterocycles. The van der Waals surface area contributed by atoms with Crippen LogP contribution in [0.15, 0.2) is 72.8 Å². The molecule has 0 aliphatic rings. The predicted molar refractivity (Wildman–Crippen MR) is 110 cm³/mol. The Labute approximate surface area is 164 Å². The van der Waals surface area contributed by atoms with E-state index in [4.69, 9.17) is 14.2 Å². The second-order valence-electron chi connectivity index (χ2n) is 5.92. The summed E-state index contributed by atoms with van der Waals surface area (Å²) in [4.78, 5) is 12.6. The number of hydrogen-bond donors (Lipinski definition) is 1. The van der Waals surface area contributed by atoms with Crippen LogP contribution in [0.3, 0.4) is 0 Å². The Bertz CT molecular complexity index is 908. The number of anilines is 1. The minimum absolute atomic E-state index is 0.222. The Morgan fingerprint density at radius 3 is 2.11 bits per heavy atom. The molecule has 3 aromatic carbocycles. The lowest BCUT2D eigenvalue weighted by Crippen LogP contribution is -2.12. The Hall–Kier alpha value is -3.47. The topological polar surface area (TPSA) is 56.8 Å². The molecule has 0 fully saturated rings. The lowest BCUT2D eigenvalue weighted by atomic mass is 10.1. The highest BCUT2D eigenvalue weighted by molar-refractivity contribution is 6.04. The van der Waals surface area contributed by atoms with Gasteiger partial charge in [-0.1, -0.05) is 18.2 Å². The Morgan fingerprint density at radius 2 is 1.43 bits per heavy atom. The van der Waals surface area contributed by atoms with Crippen LogP contribution in [0.25, 0.3) is 0 Å². The molecule has 0 aliphatic carbocycles. The highest BCUT2D eigenvalue weighted by atomic mass is 16.5. The van der Waals surface area contributed by atoms with Gasteiger partial charge in [-0.25, -0.2) is 0 Å². The Kier molecular flexibility index (Phi) is 6.52. The van der Waals surface area contributed by atoms with Crippen molar-refractivity contribution in [1.29, 1.82) is 0 Å². The number of benzene rings is 3. The van der Waals surface area contributed by atoms with Crippen molar-refractivity contribution >= 4 is 11.6 Å². The van der Waals surface area contributed by atoms with E-state index in [0.29, 0.717) is 41.7 Å². The first-order chi connectivity index (χ1) is 13.7. The summed E-state index contributed by atoms with van der Waals surface area (Å²) in [7, 11) is 0. The normalized spacial score (nSPS) is 10.2. The molecule has 0 radical (unpaired) electrons. The zero-order valence-electron chi connectivity index (χ0n) is 16.0. The van der Waals surface area contributed by atoms with Crippen LogP contribution in [-0.4, -0.2) is 19.1 Å². The second-order valence-corrected chi connectivity index (χ2v) is 5.92. The molecular formula is C23H23NO4. The third-order valence-electron chi connectivity index (χ3n) is 3.90. The zero-order valence-corrected chi connectivity index (χ0v) is 16.0. The van der Waals surface area contributed by atoms with Crippen molar-refractivity contribution in [1.82, 2.24) is 0 Å². The van der Waals surface area contributed by atoms with Crippen molar-refractivity contribution in [2.75, 3.05) is 18.5 Å². The molecule has 0 spiro atoms. The molecular weight excluding hydrogens is 354 g/mol. The minimum atomic E-state index is -0.222. The van der Waals surface area contributed by atoms with Gasteiger partial charge in [-0.15, -0.1) is 0 Å². The van der Waals surface area contributed by atoms with E-state index in [9.17, 15) is 4.79 Å². The SMILES string of the molecule is CCOc1ccc(C(=O)Nc2ccc(Oc3ccccc3)cc2)cc1OCC. The third-order valence-corrected chi connectivity index (χ3v) is 3.90. The molecule has 0 atom stereocenters. The smallest absolute Gasteiger partial charge is 0.255 e. The van der Waals surface area contributed by atoms with Gasteiger partial charge in [0, 0.05) is 11.3 Å². The molecule has 0 aromatic heterocycles. The van der Waals surface area contributed by atoms with E-state index in [0.717, 1.165) is 5.75 Å². The summed E-state index contributed by atoms with van der Waals surface area (Å²) in [5.41, 5.74) is 1.17. The van der Waals surface area contributed by atoms with Crippen LogP contribution < -0.4 is 19.5 Å². The first-order valence-corrected chi connectivity index (χ1v) is 9.23. The van der Waals surface area contributed by atoms with Crippen molar-refractivity contribution in [2.45, 2.75) is 13.8 Å². The summed E-state index contributed by atoms with van der Waals surface area (Å²) in [6.07, 6.45) is 0. The number of rotatable bonds is 8. The highest BCUT2D eigenvalue weighted by Gasteiger charge is 2.12. The summed E-state index contributed by atoms with van der Waals surface area (Å²) >= 11 is 0. The number of carbonyl (C=O) groups is 1. The third kappa shape index (κ3) is 5.04. The monoisotopic (exact) mass is 377 g/mol. The van der Waals surface area contributed by atoms with Crippen LogP contribution in [0.4, 0.5) is 5.69 Å². The van der Waals surface area contributed by atoms with Gasteiger partial charge in [0.05, 0.1) is 13.2 Å². The van der Waals surface area contributed by atoms with Crippen LogP contribution >= 0.6 is 0 Å². The zero-order chi connectivity index (χ0) is 19.8. The van der Waals surface area contributed by atoms with Gasteiger partial charge in [0.25, 0.3) is 5.91 Å². The molecule has 3 aromatic rings. The lowest BCUT2D eigenvalue weighted by Gasteiger charge is -2.12. The van der Waals surface area contributed by atoms with Gasteiger partial charge < -0.3 is 19.5 Å². The van der Waals surface area contributed by atoms with Crippen LogP contribution in [0.1, 0.15) is 24.2 Å². The van der Waals surface area contributed by atoms with E-state index in [-0.39, 0.29) is 5.91 Å². The average molecular weight is 377 g/mol. The highest BCUT2D eigenvalue weighted by Crippen LogP contribution is 2.29. The van der Waals surface area contributed by atoms with Crippen LogP contribution in [0.2, 0.25) is 0 Å². The van der Waals surface area contributed by atoms with E-state index in [1.54, 1.807) is 30.3 Å². The molecule has 0 aliphatic heterocycles. The average Bonchev–Trinajstić information content (AvgIpc) is 2.72. The number of ether oxygens (including phenoxy) is 3. The summed E-state index contributed by atoms with van der Waals surface area (Å²) in [5, 5.41) is 2.88. The molecule has 1 amide bonds. The van der Waals surface area contributed by atoms with Crippen molar-refractivity contribution in [3.8, 4) is 23.0 Å². The van der Waals surface area contributed by atoms with E-state index < -0.39 is 0 Å². The number of amides is 1. The molecule has 28 heavy (non-hydrogen) atoms. The lowest BCUT2D eigenvalue weighted by molar-refractivity contribution is 0.102. The summed E-state index contributed by atoms with van der Waals surface area (Å²) in [6.45, 7) is 4.82. The van der Waals surface area contributed by atoms with Crippen LogP contribution in [0.5, 0.6) is 23.0 Å². The molecule has 3 rings (SSSR count). The number of hydrogen-bond acceptors (Lipinski definition) is 4. The molecule has 5 nitrogen and oxygen atoms in total. The Morgan fingerprint density at radius 1 is 0.786 bits per heavy atom. The molecule has 1 N–H and O–H groups in total. The predicted octanol–water partition coefficient (Wildman–Crippen LogP) is 5.53. The summed E-state index contributed by atoms with van der Waals surface area (Å²) in [5.74, 6) is 2.42. The van der Waals surface area contributed by atoms with Crippen molar-refractivity contribution < 1.29 is 19.0 Å². The number of para-hydroxylation sites is 1. The fourth-order valence-electron chi connectivity index (χ4n) is 2.63. The first-order valence-electron chi connectivity index (χ1n) is 9.23. The largest absolute Gasteiger partial charge is 0.490 e. The second kappa shape index (κ2) is 9.46. The maximum absolute atomic E-state index is 12.6. The fourth-order valence-corrected chi connectivity index (χ4v) is 2.63. The van der Waals surface area contributed by atoms with Crippen LogP contribution in [-0.2, 0) is 0 Å². The van der Waals surface area contributed by atoms with Gasteiger partial charge in [-0.05, 0) is 68.4 Å². The molecule has 5 heteroatoms. The maximum Gasteiger partial charge on any atom is 0.255 e. The van der Waals surface area contributed by atoms with E-state index >= 15 is 0 Å². The summed E-state index contributed by atoms with van der Waals surface area (Å²) < 4.78 is 16.9. The molecule has 0 bridgehead atoms. The molecule has 144 valence electrons. The molecule has 0 saturated carbocycles. The van der Waals surface area contributed by atoms with Gasteiger partial charge >= 0.3 is 0 Å². The first kappa shape index (κ1) is 19.3. The van der Waals surface area contributed by atoms with E-state index in [1.807, 2.05) is 56.3 Å². The van der Waals surface area contributed by atoms with Crippen molar-refractivity contribution in [2.24, 2.45) is 0 Å². The maximum atomic E-state index is 12.6. The summed E-state index contributed by atoms with van der Waals surface area (Å²) in [6, 6.07) is 21.9. The minimum Gasteiger partial charge on any atom is -0.490 e. The van der Waals surface area contributed by atoms with Crippen molar-refractivity contribution in [3.05, 3.63) is 78.4 Å². The van der Waals surface area contributed by atoms with Gasteiger partial charge in [0.2, 0.25) is 0 Å². The quantitative estimate of drug-likeness (QED) is 0.561. The number of nitrogens with one attached hydrogen (secondary N) is 1. The van der Waals surface area contributed by atoms with E-state index in [1.165, 1.54) is 0 Å². The van der Waals surface area contributed by atoms with E-state index in [2.05, 4.69) is 5.32 Å². The Balaban J connectivity index is 1.68. The van der Waals surface area contributed by atoms with Gasteiger partial charge in [0.1, 0.15) is 11.5 Å².